The Kier molecular flexibility index (Phi) is 5.36. The lowest BCUT2D eigenvalue weighted by atomic mass is 9.55. The van der Waals surface area contributed by atoms with Gasteiger partial charge in [0, 0.05) is 36.5 Å². The van der Waals surface area contributed by atoms with Crippen LogP contribution in [0.1, 0.15) is 52.5 Å². The predicted octanol–water partition coefficient (Wildman–Crippen LogP) is 4.70. The summed E-state index contributed by atoms with van der Waals surface area (Å²) in [7, 11) is 0. The number of hydrogen-bond acceptors (Lipinski definition) is 4. The molecule has 5 nitrogen and oxygen atoms in total. The molecule has 4 bridgehead atoms. The number of carbonyl (C=O) groups excluding carboxylic acids is 2. The first kappa shape index (κ1) is 24.0. The molecule has 1 saturated heterocycles. The summed E-state index contributed by atoms with van der Waals surface area (Å²) < 4.78 is 6.93. The maximum absolute atomic E-state index is 14.4. The van der Waals surface area contributed by atoms with Crippen LogP contribution in [-0.2, 0) is 16.0 Å². The van der Waals surface area contributed by atoms with Gasteiger partial charge < -0.3 is 15.2 Å². The molecule has 2 saturated carbocycles. The average molecular weight is 490 g/mol. The zero-order chi connectivity index (χ0) is 25.6. The van der Waals surface area contributed by atoms with E-state index in [0.717, 1.165) is 24.2 Å². The molecule has 3 heterocycles. The van der Waals surface area contributed by atoms with Crippen molar-refractivity contribution in [2.24, 2.45) is 52.8 Å². The molecular weight excluding hydrogens is 450 g/mol. The van der Waals surface area contributed by atoms with E-state index in [-0.39, 0.29) is 53.8 Å². The smallest absolute Gasteiger partial charge is 0.232 e. The summed E-state index contributed by atoms with van der Waals surface area (Å²) in [4.78, 5) is 27.5. The molecule has 36 heavy (non-hydrogen) atoms. The number of allylic oxidation sites excluding steroid dienone is 3. The van der Waals surface area contributed by atoms with Gasteiger partial charge in [-0.25, -0.2) is 0 Å². The van der Waals surface area contributed by atoms with Crippen molar-refractivity contribution in [2.75, 3.05) is 0 Å². The molecule has 1 aromatic rings. The molecule has 192 valence electrons. The summed E-state index contributed by atoms with van der Waals surface area (Å²) in [5.41, 5.74) is 0.815. The van der Waals surface area contributed by atoms with E-state index in [4.69, 9.17) is 4.74 Å². The van der Waals surface area contributed by atoms with E-state index in [2.05, 4.69) is 45.7 Å². The summed E-state index contributed by atoms with van der Waals surface area (Å²) in [5.74, 6) is 0.520. The fraction of sp³-hybridized carbons (Fsp3) is 0.613. The van der Waals surface area contributed by atoms with Crippen LogP contribution in [0.2, 0.25) is 0 Å². The SMILES string of the molecule is C=C[C@@H]1C=C(C)[C@H]2[C@H]3[C@H]1C(=O)[C@@H]1C[C@](O)(Cc4ccc(cc4)O[C@@H]3C3[C@@H](C)C[C@@H](C)C[C@]32C)NC1=O. The van der Waals surface area contributed by atoms with Crippen molar-refractivity contribution < 1.29 is 19.4 Å². The predicted molar refractivity (Wildman–Crippen MR) is 138 cm³/mol. The van der Waals surface area contributed by atoms with Gasteiger partial charge in [-0.1, -0.05) is 50.6 Å². The molecule has 1 aromatic carbocycles. The number of nitrogens with one attached hydrogen (secondary N) is 1. The topological polar surface area (TPSA) is 75.6 Å². The van der Waals surface area contributed by atoms with Crippen molar-refractivity contribution in [3.8, 4) is 5.75 Å². The van der Waals surface area contributed by atoms with Crippen LogP contribution in [-0.4, -0.2) is 28.6 Å². The Morgan fingerprint density at radius 3 is 2.58 bits per heavy atom. The molecule has 1 amide bonds. The lowest BCUT2D eigenvalue weighted by Gasteiger charge is -2.48. The monoisotopic (exact) mass is 489 g/mol. The van der Waals surface area contributed by atoms with Crippen LogP contribution in [0.3, 0.4) is 0 Å². The number of Topliss-reactive ketones (excluding diaryl/α,β-unsaturated/α-hetero) is 1. The lowest BCUT2D eigenvalue weighted by molar-refractivity contribution is -0.137. The van der Waals surface area contributed by atoms with Crippen molar-refractivity contribution in [2.45, 2.75) is 65.2 Å². The highest BCUT2D eigenvalue weighted by Gasteiger charge is 2.67. The van der Waals surface area contributed by atoms with E-state index < -0.39 is 17.6 Å². The zero-order valence-electron chi connectivity index (χ0n) is 21.9. The molecule has 3 fully saturated rings. The lowest BCUT2D eigenvalue weighted by Crippen LogP contribution is -2.46. The Labute approximate surface area is 214 Å². The third kappa shape index (κ3) is 3.38. The summed E-state index contributed by atoms with van der Waals surface area (Å²) in [6.45, 7) is 13.5. The number of rotatable bonds is 1. The summed E-state index contributed by atoms with van der Waals surface area (Å²) >= 11 is 0. The van der Waals surface area contributed by atoms with E-state index in [1.54, 1.807) is 0 Å². The van der Waals surface area contributed by atoms with Crippen molar-refractivity contribution in [3.63, 3.8) is 0 Å². The summed E-state index contributed by atoms with van der Waals surface area (Å²) in [6, 6.07) is 7.92. The second kappa shape index (κ2) is 8.05. The van der Waals surface area contributed by atoms with Gasteiger partial charge in [0.2, 0.25) is 5.91 Å². The number of benzene rings is 1. The molecule has 2 N–H and O–H groups in total. The first-order chi connectivity index (χ1) is 17.0. The highest BCUT2D eigenvalue weighted by molar-refractivity contribution is 6.04. The first-order valence-electron chi connectivity index (χ1n) is 13.7. The third-order valence-electron chi connectivity index (χ3n) is 10.4. The van der Waals surface area contributed by atoms with E-state index in [9.17, 15) is 14.7 Å². The van der Waals surface area contributed by atoms with E-state index in [1.165, 1.54) is 5.57 Å². The van der Waals surface area contributed by atoms with Crippen LogP contribution in [0, 0.1) is 52.8 Å². The number of hydrogen-bond donors (Lipinski definition) is 2. The number of amides is 1. The Bertz CT molecular complexity index is 1140. The van der Waals surface area contributed by atoms with Gasteiger partial charge in [0.25, 0.3) is 0 Å². The molecule has 0 aromatic heterocycles. The van der Waals surface area contributed by atoms with Crippen molar-refractivity contribution >= 4 is 11.7 Å². The molecule has 6 aliphatic rings. The van der Waals surface area contributed by atoms with Crippen molar-refractivity contribution in [1.29, 1.82) is 0 Å². The third-order valence-corrected chi connectivity index (χ3v) is 10.4. The highest BCUT2D eigenvalue weighted by Crippen LogP contribution is 2.67. The van der Waals surface area contributed by atoms with Crippen LogP contribution < -0.4 is 10.1 Å². The number of ether oxygens (including phenoxy) is 1. The fourth-order valence-corrected chi connectivity index (χ4v) is 9.61. The Morgan fingerprint density at radius 2 is 1.89 bits per heavy atom. The van der Waals surface area contributed by atoms with Crippen molar-refractivity contribution in [3.05, 3.63) is 54.1 Å². The van der Waals surface area contributed by atoms with Gasteiger partial charge >= 0.3 is 0 Å². The van der Waals surface area contributed by atoms with Crippen LogP contribution in [0.4, 0.5) is 0 Å². The number of fused-ring (bicyclic) bond motifs is 4. The molecule has 7 rings (SSSR count). The Hall–Kier alpha value is -2.40. The number of aliphatic hydroxyl groups is 1. The minimum absolute atomic E-state index is 0.00729. The second-order valence-corrected chi connectivity index (χ2v) is 12.9. The van der Waals surface area contributed by atoms with Gasteiger partial charge in [0.15, 0.2) is 0 Å². The van der Waals surface area contributed by atoms with Gasteiger partial charge in [-0.05, 0) is 60.6 Å². The van der Waals surface area contributed by atoms with Crippen LogP contribution in [0.15, 0.2) is 48.6 Å². The largest absolute Gasteiger partial charge is 0.490 e. The molecule has 3 aliphatic carbocycles. The minimum Gasteiger partial charge on any atom is -0.490 e. The molecule has 3 aliphatic heterocycles. The van der Waals surface area contributed by atoms with Crippen LogP contribution >= 0.6 is 0 Å². The highest BCUT2D eigenvalue weighted by atomic mass is 16.5. The fourth-order valence-electron chi connectivity index (χ4n) is 9.61. The quantitative estimate of drug-likeness (QED) is 0.443. The van der Waals surface area contributed by atoms with Crippen molar-refractivity contribution in [1.82, 2.24) is 5.32 Å². The maximum Gasteiger partial charge on any atom is 0.232 e. The van der Waals surface area contributed by atoms with E-state index in [1.807, 2.05) is 30.3 Å². The van der Waals surface area contributed by atoms with E-state index in [0.29, 0.717) is 17.8 Å². The Morgan fingerprint density at radius 1 is 1.17 bits per heavy atom. The van der Waals surface area contributed by atoms with Gasteiger partial charge in [0.1, 0.15) is 29.3 Å². The summed E-state index contributed by atoms with van der Waals surface area (Å²) in [5, 5.41) is 14.1. The number of ketones is 1. The average Bonchev–Trinajstić information content (AvgIpc) is 3.24. The summed E-state index contributed by atoms with van der Waals surface area (Å²) in [6.07, 6.45) is 6.62. The second-order valence-electron chi connectivity index (χ2n) is 12.9. The molecule has 0 radical (unpaired) electrons. The minimum atomic E-state index is -1.42. The van der Waals surface area contributed by atoms with Gasteiger partial charge in [-0.2, -0.15) is 0 Å². The molecular formula is C31H39NO4. The van der Waals surface area contributed by atoms with Gasteiger partial charge in [-0.3, -0.25) is 9.59 Å². The molecule has 1 unspecified atom stereocenters. The number of carbonyl (C=O) groups is 2. The molecule has 0 spiro atoms. The zero-order valence-corrected chi connectivity index (χ0v) is 21.9. The molecule has 5 heteroatoms. The first-order valence-corrected chi connectivity index (χ1v) is 13.7. The molecule has 11 atom stereocenters. The van der Waals surface area contributed by atoms with Gasteiger partial charge in [0.05, 0.1) is 0 Å². The van der Waals surface area contributed by atoms with E-state index >= 15 is 0 Å². The Balaban J connectivity index is 1.56. The normalized spacial score (nSPS) is 47.4. The van der Waals surface area contributed by atoms with Gasteiger partial charge in [-0.15, -0.1) is 6.58 Å². The van der Waals surface area contributed by atoms with Crippen LogP contribution in [0.25, 0.3) is 0 Å². The van der Waals surface area contributed by atoms with Crippen LogP contribution in [0.5, 0.6) is 5.75 Å². The standard InChI is InChI=1S/C31H39NO4/c1-6-20-12-18(4)25-24-23(20)27(33)22-15-31(35,32-29(22)34)14-19-7-9-21(10-8-19)36-28(24)26-17(3)11-16(2)13-30(25,26)5/h6-10,12,16-17,20,22-26,28,35H,1,11,13-15H2,2-5H3,(H,32,34)/t16-,17+,20-,22+,23+,24-,25+,26?,28+,30+,31-/m1/s1. The maximum atomic E-state index is 14.4.